The second kappa shape index (κ2) is 4.81. The molecule has 100 valence electrons. The standard InChI is InChI=1S/C14H14F2N2S/c1-14(2,3)11-7-12(19)18-13(17-11)8-4-5-9(15)10(16)6-8/h4-7H,1-3H3,(H,17,18,19). The summed E-state index contributed by atoms with van der Waals surface area (Å²) in [6.45, 7) is 6.09. The van der Waals surface area contributed by atoms with E-state index in [0.717, 1.165) is 17.8 Å². The number of aromatic amines is 1. The van der Waals surface area contributed by atoms with E-state index in [9.17, 15) is 8.78 Å². The van der Waals surface area contributed by atoms with E-state index in [0.29, 0.717) is 16.0 Å². The van der Waals surface area contributed by atoms with E-state index in [2.05, 4.69) is 9.97 Å². The van der Waals surface area contributed by atoms with Crippen LogP contribution in [0.3, 0.4) is 0 Å². The monoisotopic (exact) mass is 280 g/mol. The van der Waals surface area contributed by atoms with Crippen molar-refractivity contribution in [1.82, 2.24) is 9.97 Å². The molecule has 0 aliphatic carbocycles. The molecule has 0 radical (unpaired) electrons. The fraction of sp³-hybridized carbons (Fsp3) is 0.286. The van der Waals surface area contributed by atoms with Crippen molar-refractivity contribution in [3.63, 3.8) is 0 Å². The van der Waals surface area contributed by atoms with Crippen LogP contribution in [-0.2, 0) is 5.41 Å². The highest BCUT2D eigenvalue weighted by Gasteiger charge is 2.16. The van der Waals surface area contributed by atoms with Crippen LogP contribution >= 0.6 is 12.2 Å². The third-order valence-corrected chi connectivity index (χ3v) is 2.95. The van der Waals surface area contributed by atoms with Gasteiger partial charge in [0.25, 0.3) is 0 Å². The second-order valence-corrected chi connectivity index (χ2v) is 5.78. The fourth-order valence-electron chi connectivity index (χ4n) is 1.64. The number of hydrogen-bond donors (Lipinski definition) is 1. The molecule has 2 nitrogen and oxygen atoms in total. The molecule has 19 heavy (non-hydrogen) atoms. The molecule has 2 aromatic rings. The average molecular weight is 280 g/mol. The molecule has 1 N–H and O–H groups in total. The second-order valence-electron chi connectivity index (χ2n) is 5.36. The zero-order valence-electron chi connectivity index (χ0n) is 10.9. The Labute approximate surface area is 115 Å². The highest BCUT2D eigenvalue weighted by Crippen LogP contribution is 2.24. The Hall–Kier alpha value is -1.62. The molecule has 5 heteroatoms. The first kappa shape index (κ1) is 13.8. The van der Waals surface area contributed by atoms with E-state index in [4.69, 9.17) is 12.2 Å². The topological polar surface area (TPSA) is 28.7 Å². The number of aromatic nitrogens is 2. The van der Waals surface area contributed by atoms with Gasteiger partial charge in [0.2, 0.25) is 0 Å². The SMILES string of the molecule is CC(C)(C)c1cc(=S)nc(-c2ccc(F)c(F)c2)[nH]1. The molecular weight excluding hydrogens is 266 g/mol. The number of rotatable bonds is 1. The molecule has 0 unspecified atom stereocenters. The largest absolute Gasteiger partial charge is 0.343 e. The Morgan fingerprint density at radius 3 is 2.37 bits per heavy atom. The smallest absolute Gasteiger partial charge is 0.159 e. The number of halogens is 2. The molecule has 0 spiro atoms. The first-order valence-electron chi connectivity index (χ1n) is 5.84. The van der Waals surface area contributed by atoms with Crippen LogP contribution in [0.5, 0.6) is 0 Å². The highest BCUT2D eigenvalue weighted by atomic mass is 32.1. The summed E-state index contributed by atoms with van der Waals surface area (Å²) in [6.07, 6.45) is 0. The average Bonchev–Trinajstić information content (AvgIpc) is 2.31. The minimum atomic E-state index is -0.903. The lowest BCUT2D eigenvalue weighted by Gasteiger charge is -2.19. The molecule has 2 rings (SSSR count). The van der Waals surface area contributed by atoms with Gasteiger partial charge in [0.1, 0.15) is 10.5 Å². The zero-order chi connectivity index (χ0) is 14.2. The molecule has 1 aromatic heterocycles. The minimum Gasteiger partial charge on any atom is -0.343 e. The summed E-state index contributed by atoms with van der Waals surface area (Å²) in [6, 6.07) is 5.43. The van der Waals surface area contributed by atoms with E-state index >= 15 is 0 Å². The molecule has 0 aliphatic heterocycles. The molecular formula is C14H14F2N2S. The van der Waals surface area contributed by atoms with Crippen LogP contribution in [0.1, 0.15) is 26.5 Å². The van der Waals surface area contributed by atoms with Crippen molar-refractivity contribution in [3.8, 4) is 11.4 Å². The summed E-state index contributed by atoms with van der Waals surface area (Å²) < 4.78 is 26.6. The summed E-state index contributed by atoms with van der Waals surface area (Å²) in [5, 5.41) is 0. The van der Waals surface area contributed by atoms with Crippen molar-refractivity contribution in [2.45, 2.75) is 26.2 Å². The Kier molecular flexibility index (Phi) is 3.49. The number of H-pyrrole nitrogens is 1. The molecule has 0 aliphatic rings. The van der Waals surface area contributed by atoms with Gasteiger partial charge in [0.15, 0.2) is 11.6 Å². The Balaban J connectivity index is 2.59. The van der Waals surface area contributed by atoms with E-state index < -0.39 is 11.6 Å². The van der Waals surface area contributed by atoms with E-state index in [1.54, 1.807) is 6.07 Å². The Bertz CT molecular complexity index is 672. The summed E-state index contributed by atoms with van der Waals surface area (Å²) in [5.74, 6) is -1.34. The fourth-order valence-corrected chi connectivity index (χ4v) is 1.85. The van der Waals surface area contributed by atoms with Crippen LogP contribution in [0.15, 0.2) is 24.3 Å². The van der Waals surface area contributed by atoms with Crippen molar-refractivity contribution in [3.05, 3.63) is 46.2 Å². The van der Waals surface area contributed by atoms with Crippen molar-refractivity contribution in [1.29, 1.82) is 0 Å². The summed E-state index contributed by atoms with van der Waals surface area (Å²) in [5.41, 5.74) is 1.23. The lowest BCUT2D eigenvalue weighted by atomic mass is 9.92. The minimum absolute atomic E-state index is 0.135. The van der Waals surface area contributed by atoms with Crippen LogP contribution in [0, 0.1) is 16.3 Å². The number of hydrogen-bond acceptors (Lipinski definition) is 2. The number of benzene rings is 1. The van der Waals surface area contributed by atoms with Crippen molar-refractivity contribution < 1.29 is 8.78 Å². The first-order valence-corrected chi connectivity index (χ1v) is 6.25. The summed E-state index contributed by atoms with van der Waals surface area (Å²) in [4.78, 5) is 7.28. The van der Waals surface area contributed by atoms with E-state index in [1.165, 1.54) is 6.07 Å². The normalized spacial score (nSPS) is 11.6. The Morgan fingerprint density at radius 2 is 1.79 bits per heavy atom. The Morgan fingerprint density at radius 1 is 1.11 bits per heavy atom. The molecule has 0 saturated heterocycles. The van der Waals surface area contributed by atoms with Crippen LogP contribution in [0.25, 0.3) is 11.4 Å². The first-order chi connectivity index (χ1) is 8.77. The van der Waals surface area contributed by atoms with Gasteiger partial charge in [-0.05, 0) is 24.3 Å². The van der Waals surface area contributed by atoms with Crippen molar-refractivity contribution >= 4 is 12.2 Å². The van der Waals surface area contributed by atoms with Gasteiger partial charge in [-0.3, -0.25) is 0 Å². The van der Waals surface area contributed by atoms with Crippen LogP contribution in [0.4, 0.5) is 8.78 Å². The molecule has 0 amide bonds. The zero-order valence-corrected chi connectivity index (χ0v) is 11.7. The third-order valence-electron chi connectivity index (χ3n) is 2.74. The molecule has 1 heterocycles. The van der Waals surface area contributed by atoms with Crippen LogP contribution in [0.2, 0.25) is 0 Å². The summed E-state index contributed by atoms with van der Waals surface area (Å²) >= 11 is 5.12. The van der Waals surface area contributed by atoms with Gasteiger partial charge >= 0.3 is 0 Å². The number of nitrogens with one attached hydrogen (secondary N) is 1. The van der Waals surface area contributed by atoms with Gasteiger partial charge in [-0.25, -0.2) is 13.8 Å². The highest BCUT2D eigenvalue weighted by molar-refractivity contribution is 7.71. The van der Waals surface area contributed by atoms with Gasteiger partial charge in [0.05, 0.1) is 0 Å². The molecule has 0 saturated carbocycles. The maximum absolute atomic E-state index is 13.3. The van der Waals surface area contributed by atoms with Crippen molar-refractivity contribution in [2.75, 3.05) is 0 Å². The van der Waals surface area contributed by atoms with E-state index in [1.807, 2.05) is 20.8 Å². The maximum atomic E-state index is 13.3. The molecule has 0 atom stereocenters. The lowest BCUT2D eigenvalue weighted by molar-refractivity contribution is 0.509. The van der Waals surface area contributed by atoms with Crippen LogP contribution in [-0.4, -0.2) is 9.97 Å². The maximum Gasteiger partial charge on any atom is 0.159 e. The number of nitrogens with zero attached hydrogens (tertiary/aromatic N) is 1. The van der Waals surface area contributed by atoms with Gasteiger partial charge in [-0.1, -0.05) is 33.0 Å². The van der Waals surface area contributed by atoms with Gasteiger partial charge in [-0.15, -0.1) is 0 Å². The molecule has 0 fully saturated rings. The predicted octanol–water partition coefficient (Wildman–Crippen LogP) is 4.38. The van der Waals surface area contributed by atoms with Gasteiger partial charge in [-0.2, -0.15) is 0 Å². The quantitative estimate of drug-likeness (QED) is 0.785. The van der Waals surface area contributed by atoms with E-state index in [-0.39, 0.29) is 5.41 Å². The predicted molar refractivity (Wildman–Crippen MR) is 73.5 cm³/mol. The van der Waals surface area contributed by atoms with Gasteiger partial charge < -0.3 is 4.98 Å². The third kappa shape index (κ3) is 3.04. The lowest BCUT2D eigenvalue weighted by Crippen LogP contribution is -2.14. The molecule has 1 aromatic carbocycles. The van der Waals surface area contributed by atoms with Gasteiger partial charge in [0, 0.05) is 16.7 Å². The van der Waals surface area contributed by atoms with Crippen LogP contribution < -0.4 is 0 Å². The molecule has 0 bridgehead atoms. The summed E-state index contributed by atoms with van der Waals surface area (Å²) in [7, 11) is 0. The van der Waals surface area contributed by atoms with Crippen molar-refractivity contribution in [2.24, 2.45) is 0 Å².